The summed E-state index contributed by atoms with van der Waals surface area (Å²) in [6.07, 6.45) is 2.88. The molecule has 2 heterocycles. The Morgan fingerprint density at radius 2 is 2.40 bits per heavy atom. The van der Waals surface area contributed by atoms with Gasteiger partial charge >= 0.3 is 0 Å². The maximum absolute atomic E-state index is 9.17. The predicted octanol–water partition coefficient (Wildman–Crippen LogP) is 2.03. The van der Waals surface area contributed by atoms with E-state index in [1.807, 2.05) is 6.07 Å². The normalized spacial score (nSPS) is 13.3. The van der Waals surface area contributed by atoms with Crippen LogP contribution in [0.1, 0.15) is 19.2 Å². The number of hydrogen-bond donors (Lipinski definition) is 2. The molecule has 0 amide bonds. The Kier molecular flexibility index (Phi) is 3.02. The zero-order chi connectivity index (χ0) is 10.8. The van der Waals surface area contributed by atoms with Crippen LogP contribution in [0.15, 0.2) is 16.7 Å². The van der Waals surface area contributed by atoms with Gasteiger partial charge in [-0.15, -0.1) is 0 Å². The molecule has 1 atom stereocenters. The Hall–Kier alpha value is -0.940. The van der Waals surface area contributed by atoms with Crippen LogP contribution < -0.4 is 0 Å². The number of H-pyrrole nitrogens is 1. The second-order valence-electron chi connectivity index (χ2n) is 3.60. The van der Waals surface area contributed by atoms with E-state index in [0.717, 1.165) is 27.9 Å². The molecule has 2 N–H and O–H groups in total. The maximum atomic E-state index is 9.17. The van der Waals surface area contributed by atoms with E-state index in [0.29, 0.717) is 6.42 Å². The third-order valence-electron chi connectivity index (χ3n) is 2.15. The van der Waals surface area contributed by atoms with Crippen LogP contribution >= 0.6 is 15.9 Å². The van der Waals surface area contributed by atoms with Gasteiger partial charge in [-0.05, 0) is 35.3 Å². The van der Waals surface area contributed by atoms with E-state index < -0.39 is 0 Å². The minimum atomic E-state index is -0.294. The first-order valence-corrected chi connectivity index (χ1v) is 5.62. The predicted molar refractivity (Wildman–Crippen MR) is 61.6 cm³/mol. The molecule has 2 aromatic heterocycles. The largest absolute Gasteiger partial charge is 0.393 e. The van der Waals surface area contributed by atoms with Crippen molar-refractivity contribution in [3.63, 3.8) is 0 Å². The van der Waals surface area contributed by atoms with Crippen LogP contribution in [0.5, 0.6) is 0 Å². The summed E-state index contributed by atoms with van der Waals surface area (Å²) in [4.78, 5) is 11.7. The fourth-order valence-corrected chi connectivity index (χ4v) is 1.72. The van der Waals surface area contributed by atoms with Crippen molar-refractivity contribution in [1.29, 1.82) is 0 Å². The molecule has 0 aliphatic rings. The molecule has 2 rings (SSSR count). The lowest BCUT2D eigenvalue weighted by Crippen LogP contribution is -2.02. The lowest BCUT2D eigenvalue weighted by atomic mass is 10.2. The van der Waals surface area contributed by atoms with Gasteiger partial charge in [-0.3, -0.25) is 0 Å². The van der Waals surface area contributed by atoms with Gasteiger partial charge in [0.05, 0.1) is 11.6 Å². The van der Waals surface area contributed by atoms with Gasteiger partial charge in [0.2, 0.25) is 0 Å². The van der Waals surface area contributed by atoms with E-state index in [1.54, 1.807) is 13.1 Å². The van der Waals surface area contributed by atoms with Crippen LogP contribution in [0.4, 0.5) is 0 Å². The Balaban J connectivity index is 2.23. The highest BCUT2D eigenvalue weighted by atomic mass is 79.9. The quantitative estimate of drug-likeness (QED) is 0.897. The average molecular weight is 270 g/mol. The number of halogens is 1. The van der Waals surface area contributed by atoms with Crippen LogP contribution in [0.3, 0.4) is 0 Å². The van der Waals surface area contributed by atoms with Crippen LogP contribution in [0.25, 0.3) is 11.2 Å². The van der Waals surface area contributed by atoms with E-state index >= 15 is 0 Å². The van der Waals surface area contributed by atoms with Crippen molar-refractivity contribution in [2.45, 2.75) is 25.9 Å². The van der Waals surface area contributed by atoms with Crippen molar-refractivity contribution in [1.82, 2.24) is 15.0 Å². The zero-order valence-electron chi connectivity index (χ0n) is 8.37. The van der Waals surface area contributed by atoms with Crippen molar-refractivity contribution < 1.29 is 5.11 Å². The third-order valence-corrected chi connectivity index (χ3v) is 2.59. The topological polar surface area (TPSA) is 61.8 Å². The number of aliphatic hydroxyl groups excluding tert-OH is 1. The van der Waals surface area contributed by atoms with E-state index in [2.05, 4.69) is 30.9 Å². The van der Waals surface area contributed by atoms with Crippen molar-refractivity contribution in [3.8, 4) is 0 Å². The van der Waals surface area contributed by atoms with E-state index in [9.17, 15) is 0 Å². The van der Waals surface area contributed by atoms with Crippen molar-refractivity contribution >= 4 is 27.1 Å². The molecule has 0 radical (unpaired) electrons. The standard InChI is InChI=1S/C10H12BrN3O/c1-6(15)2-3-9-13-8-4-7(11)5-12-10(8)14-9/h4-6,15H,2-3H2,1H3,(H,12,13,14). The molecule has 0 spiro atoms. The van der Waals surface area contributed by atoms with Gasteiger partial charge in [-0.2, -0.15) is 0 Å². The number of nitrogens with zero attached hydrogens (tertiary/aromatic N) is 2. The smallest absolute Gasteiger partial charge is 0.177 e. The van der Waals surface area contributed by atoms with Gasteiger partial charge in [0.1, 0.15) is 5.82 Å². The molecule has 2 aromatic rings. The molecular formula is C10H12BrN3O. The first-order valence-electron chi connectivity index (χ1n) is 4.83. The highest BCUT2D eigenvalue weighted by molar-refractivity contribution is 9.10. The van der Waals surface area contributed by atoms with Crippen LogP contribution in [0, 0.1) is 0 Å². The lowest BCUT2D eigenvalue weighted by molar-refractivity contribution is 0.184. The van der Waals surface area contributed by atoms with Gasteiger partial charge in [-0.1, -0.05) is 0 Å². The number of aromatic amines is 1. The molecule has 0 saturated heterocycles. The SMILES string of the molecule is CC(O)CCc1nc2ncc(Br)cc2[nH]1. The van der Waals surface area contributed by atoms with Gasteiger partial charge in [0, 0.05) is 17.1 Å². The minimum absolute atomic E-state index is 0.294. The molecule has 0 aliphatic carbocycles. The average Bonchev–Trinajstić information content (AvgIpc) is 2.56. The Morgan fingerprint density at radius 1 is 1.60 bits per heavy atom. The molecule has 4 nitrogen and oxygen atoms in total. The summed E-state index contributed by atoms with van der Waals surface area (Å²) in [5, 5.41) is 9.17. The Labute approximate surface area is 95.9 Å². The van der Waals surface area contributed by atoms with Crippen molar-refractivity contribution in [3.05, 3.63) is 22.6 Å². The number of fused-ring (bicyclic) bond motifs is 1. The number of imidazole rings is 1. The molecule has 0 fully saturated rings. The number of nitrogens with one attached hydrogen (secondary N) is 1. The zero-order valence-corrected chi connectivity index (χ0v) is 9.95. The van der Waals surface area contributed by atoms with Gasteiger partial charge in [0.15, 0.2) is 5.65 Å². The summed E-state index contributed by atoms with van der Waals surface area (Å²) in [6, 6.07) is 1.95. The highest BCUT2D eigenvalue weighted by Crippen LogP contribution is 2.15. The van der Waals surface area contributed by atoms with Crippen LogP contribution in [0.2, 0.25) is 0 Å². The lowest BCUT2D eigenvalue weighted by Gasteiger charge is -1.99. The highest BCUT2D eigenvalue weighted by Gasteiger charge is 2.05. The molecule has 0 aromatic carbocycles. The summed E-state index contributed by atoms with van der Waals surface area (Å²) >= 11 is 3.35. The molecule has 0 saturated carbocycles. The number of aliphatic hydroxyl groups is 1. The monoisotopic (exact) mass is 269 g/mol. The number of pyridine rings is 1. The van der Waals surface area contributed by atoms with Crippen LogP contribution in [-0.2, 0) is 6.42 Å². The fourth-order valence-electron chi connectivity index (χ4n) is 1.39. The summed E-state index contributed by atoms with van der Waals surface area (Å²) < 4.78 is 0.931. The maximum Gasteiger partial charge on any atom is 0.177 e. The van der Waals surface area contributed by atoms with E-state index in [-0.39, 0.29) is 6.10 Å². The second-order valence-corrected chi connectivity index (χ2v) is 4.51. The first kappa shape index (κ1) is 10.6. The summed E-state index contributed by atoms with van der Waals surface area (Å²) in [5.41, 5.74) is 1.64. The molecule has 1 unspecified atom stereocenters. The first-order chi connectivity index (χ1) is 7.15. The van der Waals surface area contributed by atoms with Crippen molar-refractivity contribution in [2.75, 3.05) is 0 Å². The number of hydrogen-bond acceptors (Lipinski definition) is 3. The second kappa shape index (κ2) is 4.28. The summed E-state index contributed by atoms with van der Waals surface area (Å²) in [6.45, 7) is 1.78. The molecular weight excluding hydrogens is 258 g/mol. The fraction of sp³-hybridized carbons (Fsp3) is 0.400. The van der Waals surface area contributed by atoms with E-state index in [4.69, 9.17) is 5.11 Å². The van der Waals surface area contributed by atoms with Gasteiger partial charge < -0.3 is 10.1 Å². The van der Waals surface area contributed by atoms with Gasteiger partial charge in [0.25, 0.3) is 0 Å². The van der Waals surface area contributed by atoms with Crippen molar-refractivity contribution in [2.24, 2.45) is 0 Å². The molecule has 5 heteroatoms. The van der Waals surface area contributed by atoms with E-state index in [1.165, 1.54) is 0 Å². The number of aryl methyl sites for hydroxylation is 1. The molecule has 0 aliphatic heterocycles. The van der Waals surface area contributed by atoms with Crippen LogP contribution in [-0.4, -0.2) is 26.2 Å². The Bertz CT molecular complexity index is 467. The third kappa shape index (κ3) is 2.54. The number of aromatic nitrogens is 3. The van der Waals surface area contributed by atoms with Gasteiger partial charge in [-0.25, -0.2) is 9.97 Å². The molecule has 0 bridgehead atoms. The Morgan fingerprint density at radius 3 is 3.13 bits per heavy atom. The molecule has 80 valence electrons. The summed E-state index contributed by atoms with van der Waals surface area (Å²) in [7, 11) is 0. The minimum Gasteiger partial charge on any atom is -0.393 e. The summed E-state index contributed by atoms with van der Waals surface area (Å²) in [5.74, 6) is 0.872. The molecule has 15 heavy (non-hydrogen) atoms. The number of rotatable bonds is 3.